The van der Waals surface area contributed by atoms with Crippen LogP contribution in [0.3, 0.4) is 0 Å². The van der Waals surface area contributed by atoms with Crippen LogP contribution in [0, 0.1) is 22.0 Å². The fourth-order valence-corrected chi connectivity index (χ4v) is 2.52. The van der Waals surface area contributed by atoms with Crippen LogP contribution in [0.25, 0.3) is 0 Å². The van der Waals surface area contributed by atoms with Crippen LogP contribution in [-0.2, 0) is 6.54 Å². The Labute approximate surface area is 114 Å². The van der Waals surface area contributed by atoms with Gasteiger partial charge in [-0.15, -0.1) is 0 Å². The molecule has 5 nitrogen and oxygen atoms in total. The maximum Gasteiger partial charge on any atom is 0.333 e. The average molecular weight is 317 g/mol. The molecule has 18 heavy (non-hydrogen) atoms. The molecule has 0 unspecified atom stereocenters. The predicted molar refractivity (Wildman–Crippen MR) is 73.7 cm³/mol. The lowest BCUT2D eigenvalue weighted by molar-refractivity contribution is -0.386. The van der Waals surface area contributed by atoms with Crippen LogP contribution in [-0.4, -0.2) is 9.49 Å². The quantitative estimate of drug-likeness (QED) is 0.619. The minimum atomic E-state index is -0.642. The summed E-state index contributed by atoms with van der Waals surface area (Å²) in [6, 6.07) is 0. The lowest BCUT2D eigenvalue weighted by Crippen LogP contribution is -2.16. The Bertz CT molecular complexity index is 497. The molecular formula is C12H17BrN2O3. The van der Waals surface area contributed by atoms with Crippen molar-refractivity contribution >= 4 is 21.6 Å². The van der Waals surface area contributed by atoms with Crippen molar-refractivity contribution in [3.63, 3.8) is 0 Å². The summed E-state index contributed by atoms with van der Waals surface area (Å²) in [5, 5.41) is 10.8. The minimum absolute atomic E-state index is 0.230. The molecule has 1 atom stereocenters. The van der Waals surface area contributed by atoms with Crippen molar-refractivity contribution in [2.75, 3.05) is 0 Å². The third-order valence-corrected chi connectivity index (χ3v) is 3.17. The van der Waals surface area contributed by atoms with Crippen molar-refractivity contribution in [3.8, 4) is 0 Å². The van der Waals surface area contributed by atoms with E-state index in [1.54, 1.807) is 10.8 Å². The van der Waals surface area contributed by atoms with E-state index in [2.05, 4.69) is 36.7 Å². The van der Waals surface area contributed by atoms with Gasteiger partial charge in [0.15, 0.2) is 0 Å². The number of nitro groups is 1. The Kier molecular flexibility index (Phi) is 5.07. The third-order valence-electron chi connectivity index (χ3n) is 2.61. The molecule has 0 bridgehead atoms. The highest BCUT2D eigenvalue weighted by molar-refractivity contribution is 9.10. The molecule has 0 aliphatic rings. The molecule has 0 spiro atoms. The molecule has 0 radical (unpaired) electrons. The first-order chi connectivity index (χ1) is 8.31. The van der Waals surface area contributed by atoms with E-state index in [1.165, 1.54) is 6.20 Å². The fraction of sp³-hybridized carbons (Fsp3) is 0.583. The summed E-state index contributed by atoms with van der Waals surface area (Å²) in [6.45, 7) is 7.04. The summed E-state index contributed by atoms with van der Waals surface area (Å²) in [5.74, 6) is 0.983. The van der Waals surface area contributed by atoms with Crippen LogP contribution in [0.5, 0.6) is 0 Å². The molecule has 1 aromatic heterocycles. The van der Waals surface area contributed by atoms with Crippen molar-refractivity contribution in [2.45, 2.75) is 33.7 Å². The number of nitrogens with zero attached hydrogens (tertiary/aromatic N) is 2. The zero-order valence-corrected chi connectivity index (χ0v) is 12.3. The number of aromatic nitrogens is 1. The Hall–Kier alpha value is -1.17. The zero-order chi connectivity index (χ0) is 13.9. The van der Waals surface area contributed by atoms with Gasteiger partial charge >= 0.3 is 5.69 Å². The monoisotopic (exact) mass is 316 g/mol. The van der Waals surface area contributed by atoms with Crippen LogP contribution in [0.4, 0.5) is 5.69 Å². The Morgan fingerprint density at radius 2 is 2.00 bits per heavy atom. The van der Waals surface area contributed by atoms with E-state index in [0.29, 0.717) is 18.4 Å². The first-order valence-corrected chi connectivity index (χ1v) is 6.64. The third kappa shape index (κ3) is 3.94. The molecule has 6 heteroatoms. The fourth-order valence-electron chi connectivity index (χ4n) is 2.05. The molecule has 0 amide bonds. The summed E-state index contributed by atoms with van der Waals surface area (Å²) < 4.78 is 1.94. The van der Waals surface area contributed by atoms with E-state index in [0.717, 1.165) is 6.42 Å². The minimum Gasteiger partial charge on any atom is -0.347 e. The van der Waals surface area contributed by atoms with Crippen molar-refractivity contribution in [1.82, 2.24) is 4.57 Å². The molecule has 1 aromatic rings. The van der Waals surface area contributed by atoms with Gasteiger partial charge in [0, 0.05) is 12.7 Å². The van der Waals surface area contributed by atoms with Crippen molar-refractivity contribution in [2.24, 2.45) is 11.8 Å². The Morgan fingerprint density at radius 1 is 1.39 bits per heavy atom. The number of pyridine rings is 1. The number of hydrogen-bond acceptors (Lipinski definition) is 3. The second-order valence-electron chi connectivity index (χ2n) is 5.01. The molecule has 100 valence electrons. The first-order valence-electron chi connectivity index (χ1n) is 5.85. The van der Waals surface area contributed by atoms with Gasteiger partial charge in [0.2, 0.25) is 0 Å². The Morgan fingerprint density at radius 3 is 2.50 bits per heavy atom. The van der Waals surface area contributed by atoms with Gasteiger partial charge in [-0.2, -0.15) is 0 Å². The molecule has 0 aliphatic heterocycles. The highest BCUT2D eigenvalue weighted by atomic mass is 79.9. The van der Waals surface area contributed by atoms with Gasteiger partial charge in [0.25, 0.3) is 5.43 Å². The molecule has 0 saturated carbocycles. The van der Waals surface area contributed by atoms with E-state index in [4.69, 9.17) is 0 Å². The van der Waals surface area contributed by atoms with Crippen LogP contribution >= 0.6 is 15.9 Å². The summed E-state index contributed by atoms with van der Waals surface area (Å²) in [6.07, 6.45) is 3.95. The standard InChI is InChI=1S/C12H17BrN2O3/c1-8(2)4-9(3)5-14-6-10(13)12(16)11(7-14)15(17)18/h6-9H,4-5H2,1-3H3/t9-/m1/s1. The smallest absolute Gasteiger partial charge is 0.333 e. The predicted octanol–water partition coefficient (Wildman–Crippen LogP) is 3.20. The maximum atomic E-state index is 11.5. The summed E-state index contributed by atoms with van der Waals surface area (Å²) >= 11 is 3.07. The SMILES string of the molecule is CC(C)C[C@@H](C)Cn1cc(Br)c(=O)c([N+](=O)[O-])c1. The number of rotatable bonds is 5. The summed E-state index contributed by atoms with van der Waals surface area (Å²) in [7, 11) is 0. The lowest BCUT2D eigenvalue weighted by Gasteiger charge is -2.16. The molecule has 1 heterocycles. The average Bonchev–Trinajstić information content (AvgIpc) is 2.21. The van der Waals surface area contributed by atoms with Gasteiger partial charge < -0.3 is 4.57 Å². The zero-order valence-electron chi connectivity index (χ0n) is 10.7. The maximum absolute atomic E-state index is 11.5. The van der Waals surface area contributed by atoms with E-state index < -0.39 is 10.4 Å². The largest absolute Gasteiger partial charge is 0.347 e. The van der Waals surface area contributed by atoms with E-state index in [1.807, 2.05) is 0 Å². The summed E-state index contributed by atoms with van der Waals surface area (Å²) in [5.41, 5.74) is -0.964. The van der Waals surface area contributed by atoms with Gasteiger partial charge in [-0.1, -0.05) is 20.8 Å². The van der Waals surface area contributed by atoms with E-state index in [9.17, 15) is 14.9 Å². The van der Waals surface area contributed by atoms with Crippen LogP contribution < -0.4 is 5.43 Å². The van der Waals surface area contributed by atoms with E-state index in [-0.39, 0.29) is 10.2 Å². The molecule has 0 saturated heterocycles. The molecule has 0 N–H and O–H groups in total. The topological polar surface area (TPSA) is 65.1 Å². The molecule has 0 fully saturated rings. The second-order valence-corrected chi connectivity index (χ2v) is 5.86. The van der Waals surface area contributed by atoms with Gasteiger partial charge in [-0.25, -0.2) is 0 Å². The number of halogens is 1. The molecule has 0 aromatic carbocycles. The highest BCUT2D eigenvalue weighted by Gasteiger charge is 2.16. The van der Waals surface area contributed by atoms with Gasteiger partial charge in [-0.3, -0.25) is 14.9 Å². The van der Waals surface area contributed by atoms with Crippen molar-refractivity contribution < 1.29 is 4.92 Å². The van der Waals surface area contributed by atoms with Gasteiger partial charge in [-0.05, 0) is 34.2 Å². The van der Waals surface area contributed by atoms with Gasteiger partial charge in [0.05, 0.1) is 15.6 Å². The van der Waals surface area contributed by atoms with Gasteiger partial charge in [0.1, 0.15) is 0 Å². The molecular weight excluding hydrogens is 300 g/mol. The van der Waals surface area contributed by atoms with Crippen LogP contribution in [0.1, 0.15) is 27.2 Å². The second kappa shape index (κ2) is 6.13. The van der Waals surface area contributed by atoms with Crippen LogP contribution in [0.15, 0.2) is 21.7 Å². The number of hydrogen-bond donors (Lipinski definition) is 0. The highest BCUT2D eigenvalue weighted by Crippen LogP contribution is 2.16. The first kappa shape index (κ1) is 14.9. The summed E-state index contributed by atoms with van der Waals surface area (Å²) in [4.78, 5) is 21.6. The van der Waals surface area contributed by atoms with E-state index >= 15 is 0 Å². The van der Waals surface area contributed by atoms with Crippen molar-refractivity contribution in [3.05, 3.63) is 37.2 Å². The Balaban J connectivity index is 2.97. The lowest BCUT2D eigenvalue weighted by atomic mass is 9.99. The van der Waals surface area contributed by atoms with Crippen LogP contribution in [0.2, 0.25) is 0 Å². The molecule has 1 rings (SSSR count). The molecule has 0 aliphatic carbocycles. The van der Waals surface area contributed by atoms with Crippen molar-refractivity contribution in [1.29, 1.82) is 0 Å². The normalized spacial score (nSPS) is 12.7.